The van der Waals surface area contributed by atoms with E-state index in [4.69, 9.17) is 4.98 Å². The molecule has 2 rings (SSSR count). The van der Waals surface area contributed by atoms with Crippen molar-refractivity contribution in [3.8, 4) is 0 Å². The molecule has 0 aromatic carbocycles. The molecule has 1 aromatic heterocycles. The maximum absolute atomic E-state index is 4.81. The molecular formula is C17H29N3S. The molecule has 1 saturated heterocycles. The van der Waals surface area contributed by atoms with Gasteiger partial charge in [-0.25, -0.2) is 0 Å². The minimum absolute atomic E-state index is 0.135. The molecule has 21 heavy (non-hydrogen) atoms. The van der Waals surface area contributed by atoms with E-state index < -0.39 is 0 Å². The smallest absolute Gasteiger partial charge is 0.0547 e. The molecule has 1 atom stereocenters. The van der Waals surface area contributed by atoms with Crippen molar-refractivity contribution in [2.75, 3.05) is 18.8 Å². The Morgan fingerprint density at radius 3 is 2.81 bits per heavy atom. The third-order valence-electron chi connectivity index (χ3n) is 3.73. The van der Waals surface area contributed by atoms with Crippen LogP contribution in [0.25, 0.3) is 0 Å². The average molecular weight is 308 g/mol. The summed E-state index contributed by atoms with van der Waals surface area (Å²) in [5, 5.41) is 4.30. The van der Waals surface area contributed by atoms with E-state index in [1.165, 1.54) is 31.0 Å². The zero-order chi connectivity index (χ0) is 15.3. The van der Waals surface area contributed by atoms with Crippen LogP contribution in [0.15, 0.2) is 18.2 Å². The highest BCUT2D eigenvalue weighted by atomic mass is 32.2. The van der Waals surface area contributed by atoms with E-state index in [9.17, 15) is 0 Å². The monoisotopic (exact) mass is 307 g/mol. The predicted molar refractivity (Wildman–Crippen MR) is 92.6 cm³/mol. The number of pyridine rings is 1. The minimum atomic E-state index is 0.135. The first kappa shape index (κ1) is 16.8. The van der Waals surface area contributed by atoms with E-state index in [0.29, 0.717) is 0 Å². The van der Waals surface area contributed by atoms with Crippen molar-refractivity contribution in [2.24, 2.45) is 0 Å². The number of hydrogen-bond donors (Lipinski definition) is 1. The first-order chi connectivity index (χ1) is 9.96. The Kier molecular flexibility index (Phi) is 6.08. The molecular weight excluding hydrogens is 278 g/mol. The van der Waals surface area contributed by atoms with E-state index in [1.807, 2.05) is 0 Å². The van der Waals surface area contributed by atoms with Gasteiger partial charge in [0.15, 0.2) is 0 Å². The fourth-order valence-electron chi connectivity index (χ4n) is 2.47. The van der Waals surface area contributed by atoms with Gasteiger partial charge in [0.05, 0.1) is 11.4 Å². The first-order valence-electron chi connectivity index (χ1n) is 8.00. The van der Waals surface area contributed by atoms with Crippen molar-refractivity contribution in [1.29, 1.82) is 0 Å². The molecule has 1 unspecified atom stereocenters. The molecule has 0 radical (unpaired) electrons. The van der Waals surface area contributed by atoms with Gasteiger partial charge in [-0.1, -0.05) is 13.0 Å². The Bertz CT molecular complexity index is 442. The second-order valence-corrected chi connectivity index (χ2v) is 8.27. The molecule has 3 nitrogen and oxygen atoms in total. The summed E-state index contributed by atoms with van der Waals surface area (Å²) < 4.78 is 0. The molecule has 0 saturated carbocycles. The minimum Gasteiger partial charge on any atom is -0.306 e. The second kappa shape index (κ2) is 7.61. The molecule has 1 N–H and O–H groups in total. The summed E-state index contributed by atoms with van der Waals surface area (Å²) in [5.74, 6) is 1.25. The summed E-state index contributed by atoms with van der Waals surface area (Å²) in [5.41, 5.74) is 2.47. The molecule has 1 aliphatic rings. The number of thioether (sulfide) groups is 1. The van der Waals surface area contributed by atoms with Gasteiger partial charge in [0.2, 0.25) is 0 Å². The molecule has 1 aliphatic heterocycles. The number of rotatable bonds is 5. The van der Waals surface area contributed by atoms with Gasteiger partial charge in [0.25, 0.3) is 0 Å². The lowest BCUT2D eigenvalue weighted by molar-refractivity contribution is 0.269. The lowest BCUT2D eigenvalue weighted by atomic mass is 10.1. The van der Waals surface area contributed by atoms with Crippen LogP contribution >= 0.6 is 11.8 Å². The molecule has 0 aliphatic carbocycles. The summed E-state index contributed by atoms with van der Waals surface area (Å²) in [6, 6.07) is 6.41. The third-order valence-corrected chi connectivity index (χ3v) is 5.10. The van der Waals surface area contributed by atoms with Gasteiger partial charge in [-0.2, -0.15) is 11.8 Å². The molecule has 0 spiro atoms. The normalized spacial score (nSPS) is 20.7. The van der Waals surface area contributed by atoms with Crippen LogP contribution in [-0.4, -0.2) is 39.5 Å². The standard InChI is InChI=1S/C17H29N3S/c1-5-16-13-20(9-10-21-16)12-15-8-6-7-14(19-15)11-18-17(2,3)4/h6-8,16,18H,5,9-13H2,1-4H3. The average Bonchev–Trinajstić information content (AvgIpc) is 2.45. The Morgan fingerprint density at radius 1 is 1.33 bits per heavy atom. The van der Waals surface area contributed by atoms with Gasteiger partial charge in [-0.3, -0.25) is 9.88 Å². The van der Waals surface area contributed by atoms with E-state index in [1.54, 1.807) is 0 Å². The van der Waals surface area contributed by atoms with Crippen molar-refractivity contribution >= 4 is 11.8 Å². The summed E-state index contributed by atoms with van der Waals surface area (Å²) in [7, 11) is 0. The van der Waals surface area contributed by atoms with Crippen LogP contribution in [0, 0.1) is 0 Å². The highest BCUT2D eigenvalue weighted by Gasteiger charge is 2.19. The van der Waals surface area contributed by atoms with Gasteiger partial charge < -0.3 is 5.32 Å². The van der Waals surface area contributed by atoms with Crippen molar-refractivity contribution in [1.82, 2.24) is 15.2 Å². The lowest BCUT2D eigenvalue weighted by Crippen LogP contribution is -2.37. The van der Waals surface area contributed by atoms with Crippen LogP contribution < -0.4 is 5.32 Å². The van der Waals surface area contributed by atoms with Crippen molar-refractivity contribution in [2.45, 2.75) is 58.0 Å². The van der Waals surface area contributed by atoms with Crippen LogP contribution in [0.1, 0.15) is 45.5 Å². The van der Waals surface area contributed by atoms with Crippen LogP contribution in [-0.2, 0) is 13.1 Å². The molecule has 118 valence electrons. The van der Waals surface area contributed by atoms with Crippen molar-refractivity contribution in [3.63, 3.8) is 0 Å². The summed E-state index contributed by atoms with van der Waals surface area (Å²) in [4.78, 5) is 7.36. The summed E-state index contributed by atoms with van der Waals surface area (Å²) >= 11 is 2.12. The van der Waals surface area contributed by atoms with Crippen molar-refractivity contribution in [3.05, 3.63) is 29.6 Å². The SMILES string of the molecule is CCC1CN(Cc2cccc(CNC(C)(C)C)n2)CCS1. The molecule has 0 amide bonds. The van der Waals surface area contributed by atoms with Gasteiger partial charge in [0.1, 0.15) is 0 Å². The van der Waals surface area contributed by atoms with Gasteiger partial charge >= 0.3 is 0 Å². The summed E-state index contributed by atoms with van der Waals surface area (Å²) in [6.45, 7) is 13.1. The zero-order valence-electron chi connectivity index (χ0n) is 13.9. The topological polar surface area (TPSA) is 28.2 Å². The van der Waals surface area contributed by atoms with E-state index in [-0.39, 0.29) is 5.54 Å². The Hall–Kier alpha value is -0.580. The van der Waals surface area contributed by atoms with Gasteiger partial charge in [0, 0.05) is 42.7 Å². The Labute approximate surface area is 133 Å². The number of aromatic nitrogens is 1. The van der Waals surface area contributed by atoms with Crippen LogP contribution in [0.4, 0.5) is 0 Å². The Balaban J connectivity index is 1.91. The van der Waals surface area contributed by atoms with Crippen LogP contribution in [0.5, 0.6) is 0 Å². The highest BCUT2D eigenvalue weighted by Crippen LogP contribution is 2.22. The quantitative estimate of drug-likeness (QED) is 0.903. The molecule has 0 bridgehead atoms. The van der Waals surface area contributed by atoms with E-state index in [0.717, 1.165) is 24.0 Å². The largest absolute Gasteiger partial charge is 0.306 e. The summed E-state index contributed by atoms with van der Waals surface area (Å²) in [6.07, 6.45) is 1.27. The van der Waals surface area contributed by atoms with Gasteiger partial charge in [-0.15, -0.1) is 0 Å². The zero-order valence-corrected chi connectivity index (χ0v) is 14.7. The van der Waals surface area contributed by atoms with Crippen LogP contribution in [0.2, 0.25) is 0 Å². The fourth-order valence-corrected chi connectivity index (χ4v) is 3.72. The van der Waals surface area contributed by atoms with Crippen LogP contribution in [0.3, 0.4) is 0 Å². The predicted octanol–water partition coefficient (Wildman–Crippen LogP) is 3.30. The first-order valence-corrected chi connectivity index (χ1v) is 9.05. The Morgan fingerprint density at radius 2 is 2.10 bits per heavy atom. The molecule has 4 heteroatoms. The second-order valence-electron chi connectivity index (χ2n) is 6.86. The number of nitrogens with zero attached hydrogens (tertiary/aromatic N) is 2. The molecule has 2 heterocycles. The number of hydrogen-bond acceptors (Lipinski definition) is 4. The maximum atomic E-state index is 4.81. The molecule has 1 aromatic rings. The van der Waals surface area contributed by atoms with E-state index in [2.05, 4.69) is 67.9 Å². The highest BCUT2D eigenvalue weighted by molar-refractivity contribution is 8.00. The maximum Gasteiger partial charge on any atom is 0.0547 e. The van der Waals surface area contributed by atoms with Crippen molar-refractivity contribution < 1.29 is 0 Å². The van der Waals surface area contributed by atoms with E-state index >= 15 is 0 Å². The van der Waals surface area contributed by atoms with Gasteiger partial charge in [-0.05, 0) is 39.3 Å². The number of nitrogens with one attached hydrogen (secondary N) is 1. The fraction of sp³-hybridized carbons (Fsp3) is 0.706. The lowest BCUT2D eigenvalue weighted by Gasteiger charge is -2.31. The third kappa shape index (κ3) is 5.97. The molecule has 1 fully saturated rings.